The molecule has 0 spiro atoms. The van der Waals surface area contributed by atoms with E-state index in [1.54, 1.807) is 0 Å². The van der Waals surface area contributed by atoms with Gasteiger partial charge in [-0.25, -0.2) is 0 Å². The molecule has 1 N–H and O–H groups in total. The van der Waals surface area contributed by atoms with E-state index in [4.69, 9.17) is 11.6 Å². The molecule has 2 aliphatic rings. The van der Waals surface area contributed by atoms with E-state index in [-0.39, 0.29) is 23.8 Å². The second kappa shape index (κ2) is 7.14. The van der Waals surface area contributed by atoms with Crippen LogP contribution in [0.1, 0.15) is 57.1 Å². The molecule has 0 aliphatic heterocycles. The van der Waals surface area contributed by atoms with Gasteiger partial charge in [0.05, 0.1) is 12.0 Å². The number of carboxylic acid groups (broad SMARTS) is 1. The second-order valence-electron chi connectivity index (χ2n) is 7.10. The first-order valence-corrected chi connectivity index (χ1v) is 9.15. The number of aliphatic carboxylic acids is 1. The summed E-state index contributed by atoms with van der Waals surface area (Å²) in [7, 11) is 0. The third kappa shape index (κ3) is 3.75. The zero-order chi connectivity index (χ0) is 17.3. The predicted molar refractivity (Wildman–Crippen MR) is 92.8 cm³/mol. The summed E-state index contributed by atoms with van der Waals surface area (Å²) in [6.45, 7) is 2.05. The molecule has 1 aromatic rings. The quantitative estimate of drug-likeness (QED) is 0.863. The number of carboxylic acids is 1. The Kier molecular flexibility index (Phi) is 5.14. The molecule has 3 unspecified atom stereocenters. The van der Waals surface area contributed by atoms with Gasteiger partial charge in [0, 0.05) is 17.0 Å². The van der Waals surface area contributed by atoms with Crippen LogP contribution in [0.5, 0.6) is 0 Å². The van der Waals surface area contributed by atoms with E-state index in [9.17, 15) is 14.7 Å². The minimum atomic E-state index is -0.767. The number of carbonyl (C=O) groups excluding carboxylic acids is 1. The zero-order valence-corrected chi connectivity index (χ0v) is 14.7. The Balaban J connectivity index is 1.76. The Labute approximate surface area is 147 Å². The van der Waals surface area contributed by atoms with Crippen LogP contribution in [0.4, 0.5) is 0 Å². The normalized spacial score (nSPS) is 25.1. The predicted octanol–water partition coefficient (Wildman–Crippen LogP) is 4.28. The number of carbonyl (C=O) groups is 2. The highest BCUT2D eigenvalue weighted by Crippen LogP contribution is 2.39. The Morgan fingerprint density at radius 1 is 1.12 bits per heavy atom. The third-order valence-corrected chi connectivity index (χ3v) is 5.59. The molecule has 3 atom stereocenters. The molecule has 0 bridgehead atoms. The minimum Gasteiger partial charge on any atom is -0.481 e. The van der Waals surface area contributed by atoms with Crippen LogP contribution in [0, 0.1) is 11.8 Å². The average Bonchev–Trinajstić information content (AvgIpc) is 3.40. The van der Waals surface area contributed by atoms with Crippen LogP contribution in [-0.4, -0.2) is 27.9 Å². The Hall–Kier alpha value is -1.55. The molecule has 0 heterocycles. The molecule has 1 aromatic carbocycles. The van der Waals surface area contributed by atoms with E-state index >= 15 is 0 Å². The Morgan fingerprint density at radius 3 is 2.33 bits per heavy atom. The number of rotatable bonds is 5. The summed E-state index contributed by atoms with van der Waals surface area (Å²) in [5.41, 5.74) is 1.07. The van der Waals surface area contributed by atoms with Crippen LogP contribution in [-0.2, 0) is 9.59 Å². The van der Waals surface area contributed by atoms with Crippen LogP contribution in [0.25, 0.3) is 0 Å². The van der Waals surface area contributed by atoms with E-state index in [0.717, 1.165) is 31.2 Å². The van der Waals surface area contributed by atoms with Crippen molar-refractivity contribution in [3.05, 3.63) is 34.9 Å². The van der Waals surface area contributed by atoms with E-state index in [1.165, 1.54) is 0 Å². The van der Waals surface area contributed by atoms with Gasteiger partial charge in [0.25, 0.3) is 0 Å². The Bertz CT molecular complexity index is 612. The molecule has 2 saturated carbocycles. The molecule has 130 valence electrons. The third-order valence-electron chi connectivity index (χ3n) is 5.34. The van der Waals surface area contributed by atoms with Crippen molar-refractivity contribution in [3.63, 3.8) is 0 Å². The van der Waals surface area contributed by atoms with Crippen LogP contribution in [0.3, 0.4) is 0 Å². The van der Waals surface area contributed by atoms with Gasteiger partial charge in [-0.15, -0.1) is 0 Å². The van der Waals surface area contributed by atoms with E-state index in [1.807, 2.05) is 29.2 Å². The smallest absolute Gasteiger partial charge is 0.306 e. The van der Waals surface area contributed by atoms with Gasteiger partial charge >= 0.3 is 5.97 Å². The van der Waals surface area contributed by atoms with E-state index < -0.39 is 5.97 Å². The van der Waals surface area contributed by atoms with Crippen LogP contribution in [0.15, 0.2) is 24.3 Å². The van der Waals surface area contributed by atoms with E-state index in [2.05, 4.69) is 6.92 Å². The summed E-state index contributed by atoms with van der Waals surface area (Å²) in [4.78, 5) is 26.4. The molecule has 4 nitrogen and oxygen atoms in total. The van der Waals surface area contributed by atoms with Crippen molar-refractivity contribution < 1.29 is 14.7 Å². The number of nitrogens with zero attached hydrogens (tertiary/aromatic N) is 1. The average molecular weight is 350 g/mol. The van der Waals surface area contributed by atoms with Crippen LogP contribution >= 0.6 is 11.6 Å². The first-order valence-electron chi connectivity index (χ1n) is 8.78. The standard InChI is InChI=1S/C19H24ClNO3/c1-12(13-5-7-16(20)8-6-13)21(17-9-10-17)18(22)14-3-2-4-15(11-14)19(23)24/h5-8,12,14-15,17H,2-4,9-11H2,1H3,(H,23,24). The minimum absolute atomic E-state index is 0.00697. The molecule has 0 aromatic heterocycles. The van der Waals surface area contributed by atoms with Gasteiger partial charge in [-0.3, -0.25) is 9.59 Å². The van der Waals surface area contributed by atoms with Gasteiger partial charge in [-0.05, 0) is 56.7 Å². The van der Waals surface area contributed by atoms with Crippen molar-refractivity contribution in [2.45, 2.75) is 57.5 Å². The topological polar surface area (TPSA) is 57.6 Å². The highest BCUT2D eigenvalue weighted by molar-refractivity contribution is 6.30. The fourth-order valence-electron chi connectivity index (χ4n) is 3.79. The summed E-state index contributed by atoms with van der Waals surface area (Å²) in [6.07, 6.45) is 4.87. The van der Waals surface area contributed by atoms with Crippen molar-refractivity contribution in [2.24, 2.45) is 11.8 Å². The zero-order valence-electron chi connectivity index (χ0n) is 14.0. The van der Waals surface area contributed by atoms with Gasteiger partial charge < -0.3 is 10.0 Å². The van der Waals surface area contributed by atoms with Crippen molar-refractivity contribution in [1.29, 1.82) is 0 Å². The lowest BCUT2D eigenvalue weighted by molar-refractivity contribution is -0.146. The monoisotopic (exact) mass is 349 g/mol. The van der Waals surface area contributed by atoms with Gasteiger partial charge in [0.2, 0.25) is 5.91 Å². The van der Waals surface area contributed by atoms with Crippen molar-refractivity contribution in [2.75, 3.05) is 0 Å². The maximum absolute atomic E-state index is 13.1. The number of benzene rings is 1. The Morgan fingerprint density at radius 2 is 1.75 bits per heavy atom. The summed E-state index contributed by atoms with van der Waals surface area (Å²) in [5.74, 6) is -1.17. The molecular formula is C19H24ClNO3. The fourth-order valence-corrected chi connectivity index (χ4v) is 3.92. The molecule has 0 saturated heterocycles. The van der Waals surface area contributed by atoms with Crippen LogP contribution < -0.4 is 0 Å². The van der Waals surface area contributed by atoms with Crippen molar-refractivity contribution >= 4 is 23.5 Å². The fraction of sp³-hybridized carbons (Fsp3) is 0.579. The maximum Gasteiger partial charge on any atom is 0.306 e. The maximum atomic E-state index is 13.1. The van der Waals surface area contributed by atoms with Gasteiger partial charge in [0.15, 0.2) is 0 Å². The summed E-state index contributed by atoms with van der Waals surface area (Å²) >= 11 is 5.96. The molecule has 24 heavy (non-hydrogen) atoms. The second-order valence-corrected chi connectivity index (χ2v) is 7.54. The van der Waals surface area contributed by atoms with Gasteiger partial charge in [-0.2, -0.15) is 0 Å². The summed E-state index contributed by atoms with van der Waals surface area (Å²) in [5, 5.41) is 9.96. The lowest BCUT2D eigenvalue weighted by Crippen LogP contribution is -2.41. The highest BCUT2D eigenvalue weighted by Gasteiger charge is 2.41. The lowest BCUT2D eigenvalue weighted by Gasteiger charge is -2.35. The van der Waals surface area contributed by atoms with Crippen molar-refractivity contribution in [3.8, 4) is 0 Å². The van der Waals surface area contributed by atoms with Gasteiger partial charge in [0.1, 0.15) is 0 Å². The number of hydrogen-bond acceptors (Lipinski definition) is 2. The number of halogens is 1. The SMILES string of the molecule is CC(c1ccc(Cl)cc1)N(C(=O)C1CCCC(C(=O)O)C1)C1CC1. The number of amides is 1. The largest absolute Gasteiger partial charge is 0.481 e. The molecule has 1 amide bonds. The van der Waals surface area contributed by atoms with Gasteiger partial charge in [-0.1, -0.05) is 30.2 Å². The highest BCUT2D eigenvalue weighted by atomic mass is 35.5. The lowest BCUT2D eigenvalue weighted by atomic mass is 9.80. The molecule has 5 heteroatoms. The van der Waals surface area contributed by atoms with E-state index in [0.29, 0.717) is 23.9 Å². The first kappa shape index (κ1) is 17.3. The number of hydrogen-bond donors (Lipinski definition) is 1. The summed E-state index contributed by atoms with van der Waals surface area (Å²) in [6, 6.07) is 7.93. The first-order chi connectivity index (χ1) is 11.5. The molecule has 3 rings (SSSR count). The molecule has 0 radical (unpaired) electrons. The molecular weight excluding hydrogens is 326 g/mol. The molecule has 2 fully saturated rings. The molecule has 2 aliphatic carbocycles. The van der Waals surface area contributed by atoms with Crippen molar-refractivity contribution in [1.82, 2.24) is 4.90 Å². The summed E-state index contributed by atoms with van der Waals surface area (Å²) < 4.78 is 0. The van der Waals surface area contributed by atoms with Crippen LogP contribution in [0.2, 0.25) is 5.02 Å².